The Morgan fingerprint density at radius 1 is 1.32 bits per heavy atom. The Labute approximate surface area is 150 Å². The molecule has 7 heteroatoms. The summed E-state index contributed by atoms with van der Waals surface area (Å²) >= 11 is 1.47. The average molecular weight is 361 g/mol. The first-order valence-corrected chi connectivity index (χ1v) is 9.49. The predicted octanol–water partition coefficient (Wildman–Crippen LogP) is 3.32. The van der Waals surface area contributed by atoms with Crippen molar-refractivity contribution in [2.24, 2.45) is 0 Å². The number of aromatic nitrogens is 2. The summed E-state index contributed by atoms with van der Waals surface area (Å²) in [6.45, 7) is 4.15. The first kappa shape index (κ1) is 17.7. The highest BCUT2D eigenvalue weighted by atomic mass is 32.2. The largest absolute Gasteiger partial charge is 0.497 e. The van der Waals surface area contributed by atoms with Crippen LogP contribution in [0.25, 0.3) is 0 Å². The number of aromatic amines is 1. The van der Waals surface area contributed by atoms with Crippen molar-refractivity contribution in [2.45, 2.75) is 38.0 Å². The molecule has 0 spiro atoms. The van der Waals surface area contributed by atoms with E-state index < -0.39 is 0 Å². The Morgan fingerprint density at radius 2 is 2.04 bits per heavy atom. The number of thioether (sulfide) groups is 1. The smallest absolute Gasteiger partial charge is 0.270 e. The van der Waals surface area contributed by atoms with Crippen LogP contribution in [0.5, 0.6) is 5.75 Å². The van der Waals surface area contributed by atoms with Crippen molar-refractivity contribution in [1.29, 1.82) is 0 Å². The second kappa shape index (κ2) is 7.39. The van der Waals surface area contributed by atoms with Gasteiger partial charge in [0.25, 0.3) is 5.56 Å². The molecule has 3 rings (SSSR count). The number of hydrogen-bond acceptors (Lipinski definition) is 4. The number of carbonyl (C=O) groups is 1. The minimum atomic E-state index is -0.196. The van der Waals surface area contributed by atoms with E-state index in [1.807, 2.05) is 35.9 Å². The minimum Gasteiger partial charge on any atom is -0.497 e. The molecule has 1 aliphatic rings. The fourth-order valence-electron chi connectivity index (χ4n) is 3.16. The van der Waals surface area contributed by atoms with Gasteiger partial charge >= 0.3 is 0 Å². The van der Waals surface area contributed by atoms with Crippen molar-refractivity contribution < 1.29 is 9.53 Å². The summed E-state index contributed by atoms with van der Waals surface area (Å²) in [4.78, 5) is 24.9. The summed E-state index contributed by atoms with van der Waals surface area (Å²) in [6, 6.07) is 7.76. The fourth-order valence-corrected chi connectivity index (χ4v) is 4.29. The van der Waals surface area contributed by atoms with Crippen LogP contribution in [0.15, 0.2) is 29.1 Å². The lowest BCUT2D eigenvalue weighted by Crippen LogP contribution is -2.18. The van der Waals surface area contributed by atoms with Crippen LogP contribution < -0.4 is 15.6 Å². The van der Waals surface area contributed by atoms with Crippen molar-refractivity contribution in [2.75, 3.05) is 18.2 Å². The quantitative estimate of drug-likeness (QED) is 0.856. The number of methoxy groups -OCH3 is 1. The lowest BCUT2D eigenvalue weighted by molar-refractivity contribution is -0.113. The second-order valence-electron chi connectivity index (χ2n) is 6.22. The molecule has 1 aromatic carbocycles. The van der Waals surface area contributed by atoms with Gasteiger partial charge in [0.1, 0.15) is 11.6 Å². The van der Waals surface area contributed by atoms with Crippen LogP contribution in [0.3, 0.4) is 0 Å². The van der Waals surface area contributed by atoms with Gasteiger partial charge in [-0.2, -0.15) is 0 Å². The first-order chi connectivity index (χ1) is 12.0. The number of nitrogens with one attached hydrogen (secondary N) is 2. The van der Waals surface area contributed by atoms with E-state index in [1.54, 1.807) is 7.11 Å². The molecule has 0 fully saturated rings. The molecular weight excluding hydrogens is 338 g/mol. The lowest BCUT2D eigenvalue weighted by Gasteiger charge is -2.17. The van der Waals surface area contributed by atoms with E-state index in [2.05, 4.69) is 17.3 Å². The summed E-state index contributed by atoms with van der Waals surface area (Å²) in [5.74, 6) is 1.59. The Kier molecular flexibility index (Phi) is 5.22. The van der Waals surface area contributed by atoms with Crippen LogP contribution in [0.2, 0.25) is 0 Å². The minimum absolute atomic E-state index is 0.0845. The van der Waals surface area contributed by atoms with Gasteiger partial charge in [0, 0.05) is 6.04 Å². The van der Waals surface area contributed by atoms with Crippen molar-refractivity contribution in [3.05, 3.63) is 45.7 Å². The van der Waals surface area contributed by atoms with Gasteiger partial charge < -0.3 is 10.1 Å². The molecule has 1 aliphatic heterocycles. The van der Waals surface area contributed by atoms with E-state index in [0.717, 1.165) is 24.2 Å². The van der Waals surface area contributed by atoms with Crippen molar-refractivity contribution in [3.63, 3.8) is 0 Å². The van der Waals surface area contributed by atoms with Crippen LogP contribution in [0, 0.1) is 0 Å². The maximum Gasteiger partial charge on any atom is 0.270 e. The molecule has 0 bridgehead atoms. The molecule has 6 nitrogen and oxygen atoms in total. The average Bonchev–Trinajstić information content (AvgIpc) is 2.82. The molecule has 1 amide bonds. The number of fused-ring (bicyclic) bond motifs is 1. The molecule has 0 radical (unpaired) electrons. The standard InChI is InChI=1S/C18H23N3O3S/c1-4-5-11(2)21-17-15(18(23)20-21)16(25-10-14(22)19-17)12-6-8-13(24-3)9-7-12/h6-9,11,16H,4-5,10H2,1-3H3,(H,19,22)(H,20,23)/t11-,16+/m0/s1. The molecule has 2 aromatic rings. The van der Waals surface area contributed by atoms with Gasteiger partial charge in [-0.15, -0.1) is 11.8 Å². The number of hydrogen-bond donors (Lipinski definition) is 2. The van der Waals surface area contributed by atoms with E-state index >= 15 is 0 Å². The molecule has 2 heterocycles. The van der Waals surface area contributed by atoms with Gasteiger partial charge in [-0.3, -0.25) is 19.4 Å². The zero-order chi connectivity index (χ0) is 18.0. The van der Waals surface area contributed by atoms with Crippen molar-refractivity contribution >= 4 is 23.5 Å². The summed E-state index contributed by atoms with van der Waals surface area (Å²) < 4.78 is 7.02. The van der Waals surface area contributed by atoms with E-state index in [1.165, 1.54) is 11.8 Å². The number of nitrogens with zero attached hydrogens (tertiary/aromatic N) is 1. The maximum atomic E-state index is 12.7. The molecular formula is C18H23N3O3S. The molecule has 1 aromatic heterocycles. The number of anilines is 1. The Morgan fingerprint density at radius 3 is 2.68 bits per heavy atom. The van der Waals surface area contributed by atoms with Gasteiger partial charge in [-0.25, -0.2) is 0 Å². The third kappa shape index (κ3) is 3.46. The summed E-state index contributed by atoms with van der Waals surface area (Å²) in [5, 5.41) is 5.64. The van der Waals surface area contributed by atoms with Gasteiger partial charge in [0.2, 0.25) is 5.91 Å². The summed E-state index contributed by atoms with van der Waals surface area (Å²) in [6.07, 6.45) is 1.92. The molecule has 134 valence electrons. The number of H-pyrrole nitrogens is 1. The van der Waals surface area contributed by atoms with Crippen LogP contribution in [0.1, 0.15) is 49.1 Å². The number of benzene rings is 1. The molecule has 2 N–H and O–H groups in total. The van der Waals surface area contributed by atoms with Crippen LogP contribution in [0.4, 0.5) is 5.82 Å². The number of ether oxygens (including phenoxy) is 1. The molecule has 0 unspecified atom stereocenters. The van der Waals surface area contributed by atoms with Gasteiger partial charge in [-0.1, -0.05) is 25.5 Å². The fraction of sp³-hybridized carbons (Fsp3) is 0.444. The second-order valence-corrected chi connectivity index (χ2v) is 7.32. The lowest BCUT2D eigenvalue weighted by atomic mass is 10.1. The summed E-state index contributed by atoms with van der Waals surface area (Å²) in [7, 11) is 1.62. The monoisotopic (exact) mass is 361 g/mol. The molecule has 0 saturated carbocycles. The highest BCUT2D eigenvalue weighted by molar-refractivity contribution is 8.00. The van der Waals surface area contributed by atoms with E-state index in [4.69, 9.17) is 4.74 Å². The Bertz CT molecular complexity index is 810. The third-order valence-electron chi connectivity index (χ3n) is 4.43. The van der Waals surface area contributed by atoms with Crippen molar-refractivity contribution in [1.82, 2.24) is 9.78 Å². The topological polar surface area (TPSA) is 76.1 Å². The molecule has 2 atom stereocenters. The highest BCUT2D eigenvalue weighted by Gasteiger charge is 2.31. The Balaban J connectivity index is 2.08. The van der Waals surface area contributed by atoms with Gasteiger partial charge in [0.05, 0.1) is 23.7 Å². The highest BCUT2D eigenvalue weighted by Crippen LogP contribution is 2.40. The molecule has 0 saturated heterocycles. The van der Waals surface area contributed by atoms with Gasteiger partial charge in [-0.05, 0) is 31.0 Å². The summed E-state index contributed by atoms with van der Waals surface area (Å²) in [5.41, 5.74) is 1.45. The van der Waals surface area contributed by atoms with Crippen LogP contribution >= 0.6 is 11.8 Å². The van der Waals surface area contributed by atoms with E-state index in [-0.39, 0.29) is 22.8 Å². The maximum absolute atomic E-state index is 12.7. The van der Waals surface area contributed by atoms with Crippen LogP contribution in [-0.4, -0.2) is 28.6 Å². The normalized spacial score (nSPS) is 18.2. The van der Waals surface area contributed by atoms with E-state index in [0.29, 0.717) is 17.1 Å². The predicted molar refractivity (Wildman–Crippen MR) is 101 cm³/mol. The SMILES string of the molecule is CCC[C@H](C)n1[nH]c(=O)c2c1NC(=O)CS[C@@H]2c1ccc(OC)cc1. The first-order valence-electron chi connectivity index (χ1n) is 8.45. The molecule has 25 heavy (non-hydrogen) atoms. The van der Waals surface area contributed by atoms with Crippen LogP contribution in [-0.2, 0) is 4.79 Å². The van der Waals surface area contributed by atoms with Crippen molar-refractivity contribution in [3.8, 4) is 5.75 Å². The van der Waals surface area contributed by atoms with Gasteiger partial charge in [0.15, 0.2) is 0 Å². The number of rotatable bonds is 5. The molecule has 0 aliphatic carbocycles. The van der Waals surface area contributed by atoms with E-state index in [9.17, 15) is 9.59 Å². The third-order valence-corrected chi connectivity index (χ3v) is 5.70. The zero-order valence-corrected chi connectivity index (χ0v) is 15.5. The number of carbonyl (C=O) groups excluding carboxylic acids is 1. The Hall–Kier alpha value is -2.15. The number of amides is 1. The zero-order valence-electron chi connectivity index (χ0n) is 14.7.